The summed E-state index contributed by atoms with van der Waals surface area (Å²) >= 11 is 1.63. The predicted molar refractivity (Wildman–Crippen MR) is 109 cm³/mol. The van der Waals surface area contributed by atoms with Crippen LogP contribution in [0, 0.1) is 0 Å². The van der Waals surface area contributed by atoms with E-state index in [-0.39, 0.29) is 36.3 Å². The summed E-state index contributed by atoms with van der Waals surface area (Å²) in [7, 11) is 0. The van der Waals surface area contributed by atoms with Gasteiger partial charge in [0.05, 0.1) is 5.88 Å². The number of nitrogens with zero attached hydrogens (tertiary/aromatic N) is 2. The minimum absolute atomic E-state index is 0.0222. The molecule has 150 valence electrons. The van der Waals surface area contributed by atoms with Crippen LogP contribution in [0.1, 0.15) is 54.4 Å². The number of benzene rings is 1. The third kappa shape index (κ3) is 4.19. The van der Waals surface area contributed by atoms with Crippen LogP contribution in [0.15, 0.2) is 24.3 Å². The van der Waals surface area contributed by atoms with E-state index in [1.165, 1.54) is 25.7 Å². The van der Waals surface area contributed by atoms with E-state index in [1.807, 2.05) is 24.3 Å². The number of fused-ring (bicyclic) bond motifs is 1. The Balaban J connectivity index is 1.36. The fourth-order valence-corrected chi connectivity index (χ4v) is 5.42. The highest BCUT2D eigenvalue weighted by atomic mass is 32.2. The van der Waals surface area contributed by atoms with Crippen LogP contribution < -0.4 is 5.32 Å². The quantitative estimate of drug-likeness (QED) is 0.787. The molecule has 28 heavy (non-hydrogen) atoms. The van der Waals surface area contributed by atoms with E-state index in [2.05, 4.69) is 5.32 Å². The van der Waals surface area contributed by atoms with Crippen LogP contribution in [0.25, 0.3) is 0 Å². The lowest BCUT2D eigenvalue weighted by molar-refractivity contribution is -0.153. The SMILES string of the molecule is O=C(NC1CCCCCC1)c1ccc(CN2CC(=O)N3CSC[C@@H]3C2=O)cc1. The van der Waals surface area contributed by atoms with Crippen molar-refractivity contribution < 1.29 is 14.4 Å². The number of hydrogen-bond donors (Lipinski definition) is 1. The molecule has 2 saturated heterocycles. The second kappa shape index (κ2) is 8.55. The summed E-state index contributed by atoms with van der Waals surface area (Å²) in [5.41, 5.74) is 1.58. The number of carbonyl (C=O) groups excluding carboxylic acids is 3. The van der Waals surface area contributed by atoms with Crippen molar-refractivity contribution in [3.63, 3.8) is 0 Å². The average molecular weight is 402 g/mol. The number of nitrogens with one attached hydrogen (secondary N) is 1. The van der Waals surface area contributed by atoms with Crippen molar-refractivity contribution in [2.75, 3.05) is 18.2 Å². The molecule has 4 rings (SSSR count). The molecule has 3 fully saturated rings. The van der Waals surface area contributed by atoms with Crippen molar-refractivity contribution in [1.82, 2.24) is 15.1 Å². The van der Waals surface area contributed by atoms with Gasteiger partial charge in [-0.1, -0.05) is 37.8 Å². The van der Waals surface area contributed by atoms with Crippen molar-refractivity contribution >= 4 is 29.5 Å². The van der Waals surface area contributed by atoms with E-state index in [0.717, 1.165) is 18.4 Å². The lowest BCUT2D eigenvalue weighted by Crippen LogP contribution is -2.57. The maximum absolute atomic E-state index is 12.6. The summed E-state index contributed by atoms with van der Waals surface area (Å²) in [5, 5.41) is 3.16. The third-order valence-electron chi connectivity index (χ3n) is 5.91. The molecule has 0 radical (unpaired) electrons. The third-order valence-corrected chi connectivity index (χ3v) is 6.92. The van der Waals surface area contributed by atoms with Gasteiger partial charge in [-0.2, -0.15) is 0 Å². The van der Waals surface area contributed by atoms with Gasteiger partial charge < -0.3 is 15.1 Å². The second-order valence-electron chi connectivity index (χ2n) is 7.93. The first-order chi connectivity index (χ1) is 13.6. The maximum atomic E-state index is 12.6. The van der Waals surface area contributed by atoms with Gasteiger partial charge >= 0.3 is 0 Å². The summed E-state index contributed by atoms with van der Waals surface area (Å²) in [5.74, 6) is 1.32. The van der Waals surface area contributed by atoms with Crippen molar-refractivity contribution in [1.29, 1.82) is 0 Å². The first kappa shape index (κ1) is 19.3. The van der Waals surface area contributed by atoms with Gasteiger partial charge in [-0.15, -0.1) is 11.8 Å². The number of thioether (sulfide) groups is 1. The number of carbonyl (C=O) groups is 3. The Morgan fingerprint density at radius 1 is 1.07 bits per heavy atom. The number of hydrogen-bond acceptors (Lipinski definition) is 4. The van der Waals surface area contributed by atoms with Crippen molar-refractivity contribution in [2.45, 2.75) is 57.2 Å². The predicted octanol–water partition coefficient (Wildman–Crippen LogP) is 2.38. The molecule has 3 amide bonds. The van der Waals surface area contributed by atoms with E-state index in [0.29, 0.717) is 23.7 Å². The number of piperazine rings is 1. The van der Waals surface area contributed by atoms with Gasteiger partial charge in [-0.25, -0.2) is 0 Å². The normalized spacial score (nSPS) is 23.5. The topological polar surface area (TPSA) is 69.7 Å². The van der Waals surface area contributed by atoms with E-state index in [9.17, 15) is 14.4 Å². The standard InChI is InChI=1S/C21H27N3O3S/c25-19-12-23(21(27)18-13-28-14-24(18)19)11-15-7-9-16(10-8-15)20(26)22-17-5-3-1-2-4-6-17/h7-10,17-18H,1-6,11-14H2,(H,22,26)/t18-/m1/s1. The molecule has 1 N–H and O–H groups in total. The lowest BCUT2D eigenvalue weighted by atomic mass is 10.1. The molecular weight excluding hydrogens is 374 g/mol. The fraction of sp³-hybridized carbons (Fsp3) is 0.571. The Labute approximate surface area is 170 Å². The van der Waals surface area contributed by atoms with Crippen molar-refractivity contribution in [2.24, 2.45) is 0 Å². The van der Waals surface area contributed by atoms with E-state index >= 15 is 0 Å². The Kier molecular flexibility index (Phi) is 5.90. The Morgan fingerprint density at radius 3 is 2.50 bits per heavy atom. The zero-order valence-electron chi connectivity index (χ0n) is 16.1. The molecule has 1 atom stereocenters. The van der Waals surface area contributed by atoms with Crippen molar-refractivity contribution in [3.8, 4) is 0 Å². The van der Waals surface area contributed by atoms with Crippen LogP contribution in [0.3, 0.4) is 0 Å². The van der Waals surface area contributed by atoms with Gasteiger partial charge in [0, 0.05) is 23.9 Å². The number of rotatable bonds is 4. The Bertz CT molecular complexity index is 744. The van der Waals surface area contributed by atoms with Gasteiger partial charge in [0.25, 0.3) is 5.91 Å². The zero-order valence-corrected chi connectivity index (χ0v) is 16.9. The molecule has 3 aliphatic rings. The molecule has 0 bridgehead atoms. The van der Waals surface area contributed by atoms with Gasteiger partial charge in [-0.05, 0) is 30.5 Å². The van der Waals surface area contributed by atoms with Gasteiger partial charge in [0.15, 0.2) is 0 Å². The molecule has 0 aromatic heterocycles. The smallest absolute Gasteiger partial charge is 0.251 e. The van der Waals surface area contributed by atoms with Crippen molar-refractivity contribution in [3.05, 3.63) is 35.4 Å². The summed E-state index contributed by atoms with van der Waals surface area (Å²) < 4.78 is 0. The molecule has 0 unspecified atom stereocenters. The molecule has 1 saturated carbocycles. The highest BCUT2D eigenvalue weighted by Gasteiger charge is 2.42. The highest BCUT2D eigenvalue weighted by molar-refractivity contribution is 7.99. The summed E-state index contributed by atoms with van der Waals surface area (Å²) in [4.78, 5) is 40.7. The minimum Gasteiger partial charge on any atom is -0.349 e. The minimum atomic E-state index is -0.309. The van der Waals surface area contributed by atoms with Crippen LogP contribution in [0.5, 0.6) is 0 Å². The highest BCUT2D eigenvalue weighted by Crippen LogP contribution is 2.26. The van der Waals surface area contributed by atoms with E-state index in [4.69, 9.17) is 0 Å². The monoisotopic (exact) mass is 401 g/mol. The lowest BCUT2D eigenvalue weighted by Gasteiger charge is -2.35. The van der Waals surface area contributed by atoms with Crippen LogP contribution in [-0.2, 0) is 16.1 Å². The first-order valence-corrected chi connectivity index (χ1v) is 11.3. The molecule has 0 spiro atoms. The molecule has 2 aliphatic heterocycles. The van der Waals surface area contributed by atoms with E-state index in [1.54, 1.807) is 21.6 Å². The van der Waals surface area contributed by atoms with Gasteiger partial charge in [-0.3, -0.25) is 14.4 Å². The molecule has 6 nitrogen and oxygen atoms in total. The molecule has 7 heteroatoms. The number of amides is 3. The largest absolute Gasteiger partial charge is 0.349 e. The second-order valence-corrected chi connectivity index (χ2v) is 8.93. The summed E-state index contributed by atoms with van der Waals surface area (Å²) in [6.45, 7) is 0.546. The molecule has 1 aromatic rings. The molecular formula is C21H27N3O3S. The van der Waals surface area contributed by atoms with Crippen LogP contribution >= 0.6 is 11.8 Å². The average Bonchev–Trinajstić information content (AvgIpc) is 3.06. The summed E-state index contributed by atoms with van der Waals surface area (Å²) in [6, 6.07) is 7.37. The first-order valence-electron chi connectivity index (χ1n) is 10.2. The van der Waals surface area contributed by atoms with Gasteiger partial charge in [0.1, 0.15) is 12.6 Å². The maximum Gasteiger partial charge on any atom is 0.251 e. The Hall–Kier alpha value is -2.02. The molecule has 2 heterocycles. The molecule has 1 aliphatic carbocycles. The summed E-state index contributed by atoms with van der Waals surface area (Å²) in [6.07, 6.45) is 7.01. The zero-order chi connectivity index (χ0) is 19.5. The fourth-order valence-electron chi connectivity index (χ4n) is 4.24. The Morgan fingerprint density at radius 2 is 1.79 bits per heavy atom. The van der Waals surface area contributed by atoms with Crippen LogP contribution in [0.4, 0.5) is 0 Å². The molecule has 1 aromatic carbocycles. The van der Waals surface area contributed by atoms with Gasteiger partial charge in [0.2, 0.25) is 11.8 Å². The van der Waals surface area contributed by atoms with Crippen LogP contribution in [0.2, 0.25) is 0 Å². The van der Waals surface area contributed by atoms with Crippen LogP contribution in [-0.4, -0.2) is 57.8 Å². The van der Waals surface area contributed by atoms with E-state index < -0.39 is 0 Å².